The molecule has 2 amide bonds. The average Bonchev–Trinajstić information content (AvgIpc) is 2.88. The summed E-state index contributed by atoms with van der Waals surface area (Å²) in [6.07, 6.45) is 1.26. The van der Waals surface area contributed by atoms with Crippen LogP contribution in [-0.2, 0) is 22.6 Å². The Morgan fingerprint density at radius 3 is 2.47 bits per heavy atom. The Bertz CT molecular complexity index is 1260. The van der Waals surface area contributed by atoms with Crippen molar-refractivity contribution in [3.63, 3.8) is 0 Å². The largest absolute Gasteiger partial charge is 0.341 e. The number of para-hydroxylation sites is 1. The highest BCUT2D eigenvalue weighted by molar-refractivity contribution is 5.94. The van der Waals surface area contributed by atoms with Crippen LogP contribution >= 0.6 is 12.4 Å². The van der Waals surface area contributed by atoms with Gasteiger partial charge in [0.05, 0.1) is 17.5 Å². The lowest BCUT2D eigenvalue weighted by Gasteiger charge is -2.27. The Balaban J connectivity index is 0.00000361. The van der Waals surface area contributed by atoms with Crippen LogP contribution in [0.15, 0.2) is 53.3 Å². The van der Waals surface area contributed by atoms with E-state index in [2.05, 4.69) is 15.5 Å². The first-order valence-corrected chi connectivity index (χ1v) is 12.3. The van der Waals surface area contributed by atoms with Crippen molar-refractivity contribution in [3.8, 4) is 0 Å². The van der Waals surface area contributed by atoms with Crippen LogP contribution in [0.4, 0.5) is 5.69 Å². The van der Waals surface area contributed by atoms with Crippen molar-refractivity contribution in [3.05, 3.63) is 70.1 Å². The molecule has 0 aliphatic carbocycles. The highest BCUT2D eigenvalue weighted by Crippen LogP contribution is 2.23. The molecule has 3 aromatic rings. The van der Waals surface area contributed by atoms with Gasteiger partial charge in [0.1, 0.15) is 0 Å². The minimum absolute atomic E-state index is 0. The van der Waals surface area contributed by atoms with Gasteiger partial charge in [0.15, 0.2) is 0 Å². The Hall–Kier alpha value is -3.23. The van der Waals surface area contributed by atoms with Gasteiger partial charge in [-0.15, -0.1) is 12.4 Å². The fourth-order valence-electron chi connectivity index (χ4n) is 4.54. The van der Waals surface area contributed by atoms with E-state index in [9.17, 15) is 14.4 Å². The maximum atomic E-state index is 13.3. The summed E-state index contributed by atoms with van der Waals surface area (Å²) in [6.45, 7) is 7.00. The summed E-state index contributed by atoms with van der Waals surface area (Å²) in [5.41, 5.74) is 2.32. The normalized spacial score (nSPS) is 14.6. The molecule has 2 heterocycles. The molecule has 0 bridgehead atoms. The third-order valence-corrected chi connectivity index (χ3v) is 6.30. The molecule has 2 aromatic carbocycles. The standard InChI is InChI=1S/C27H33N5O3.ClH/c1-19(2)16-26(34)32-14-7-13-31(15-12-28-18-20-8-3-6-11-24(20)32)25(33)17-23-21-9-4-5-10-22(21)27(35)30-29-23;/h3-6,8-11,19,28H,7,12-18H2,1-2H3,(H,30,35);1H. The molecule has 36 heavy (non-hydrogen) atoms. The number of nitrogens with zero attached hydrogens (tertiary/aromatic N) is 3. The zero-order valence-corrected chi connectivity index (χ0v) is 21.6. The van der Waals surface area contributed by atoms with Gasteiger partial charge >= 0.3 is 0 Å². The van der Waals surface area contributed by atoms with Crippen LogP contribution in [-0.4, -0.2) is 53.1 Å². The molecule has 0 spiro atoms. The minimum atomic E-state index is -0.262. The van der Waals surface area contributed by atoms with Crippen molar-refractivity contribution in [2.75, 3.05) is 31.1 Å². The van der Waals surface area contributed by atoms with E-state index in [-0.39, 0.29) is 42.1 Å². The third-order valence-electron chi connectivity index (χ3n) is 6.30. The number of hydrogen-bond acceptors (Lipinski definition) is 5. The SMILES string of the molecule is CC(C)CC(=O)N1CCCN(C(=O)Cc2n[nH]c(=O)c3ccccc23)CCNCc2ccccc21.Cl. The number of hydrogen-bond donors (Lipinski definition) is 2. The summed E-state index contributed by atoms with van der Waals surface area (Å²) >= 11 is 0. The predicted molar refractivity (Wildman–Crippen MR) is 144 cm³/mol. The monoisotopic (exact) mass is 511 g/mol. The molecule has 9 heteroatoms. The average molecular weight is 512 g/mol. The van der Waals surface area contributed by atoms with Crippen LogP contribution in [0.3, 0.4) is 0 Å². The van der Waals surface area contributed by atoms with Gasteiger partial charge in [-0.05, 0) is 30.0 Å². The van der Waals surface area contributed by atoms with Gasteiger partial charge < -0.3 is 15.1 Å². The molecule has 0 saturated heterocycles. The molecule has 1 aromatic heterocycles. The third kappa shape index (κ3) is 6.50. The first-order chi connectivity index (χ1) is 16.9. The molecule has 4 rings (SSSR count). The van der Waals surface area contributed by atoms with E-state index < -0.39 is 0 Å². The van der Waals surface area contributed by atoms with Crippen molar-refractivity contribution in [1.29, 1.82) is 0 Å². The molecule has 0 unspecified atom stereocenters. The number of rotatable bonds is 4. The molecule has 192 valence electrons. The van der Waals surface area contributed by atoms with Crippen LogP contribution in [0, 0.1) is 5.92 Å². The van der Waals surface area contributed by atoms with Crippen LogP contribution < -0.4 is 15.8 Å². The van der Waals surface area contributed by atoms with E-state index >= 15 is 0 Å². The number of carbonyl (C=O) groups is 2. The lowest BCUT2D eigenvalue weighted by atomic mass is 10.1. The number of amides is 2. The zero-order valence-electron chi connectivity index (χ0n) is 20.8. The zero-order chi connectivity index (χ0) is 24.8. The summed E-state index contributed by atoms with van der Waals surface area (Å²) in [5.74, 6) is 0.325. The second-order valence-electron chi connectivity index (χ2n) is 9.40. The topological polar surface area (TPSA) is 98.4 Å². The van der Waals surface area contributed by atoms with Gasteiger partial charge in [0.25, 0.3) is 5.56 Å². The van der Waals surface area contributed by atoms with Crippen molar-refractivity contribution < 1.29 is 9.59 Å². The van der Waals surface area contributed by atoms with Gasteiger partial charge in [0, 0.05) is 50.2 Å². The fourth-order valence-corrected chi connectivity index (χ4v) is 4.54. The van der Waals surface area contributed by atoms with Crippen LogP contribution in [0.2, 0.25) is 0 Å². The van der Waals surface area contributed by atoms with Gasteiger partial charge in [0.2, 0.25) is 11.8 Å². The van der Waals surface area contributed by atoms with Crippen molar-refractivity contribution in [2.24, 2.45) is 5.92 Å². The fraction of sp³-hybridized carbons (Fsp3) is 0.407. The first-order valence-electron chi connectivity index (χ1n) is 12.3. The molecule has 8 nitrogen and oxygen atoms in total. The Morgan fingerprint density at radius 1 is 0.972 bits per heavy atom. The lowest BCUT2D eigenvalue weighted by molar-refractivity contribution is -0.130. The second-order valence-corrected chi connectivity index (χ2v) is 9.40. The van der Waals surface area contributed by atoms with Crippen LogP contribution in [0.1, 0.15) is 37.9 Å². The maximum absolute atomic E-state index is 13.3. The minimum Gasteiger partial charge on any atom is -0.341 e. The molecule has 0 saturated carbocycles. The molecule has 1 aliphatic rings. The predicted octanol–water partition coefficient (Wildman–Crippen LogP) is 3.29. The number of anilines is 1. The van der Waals surface area contributed by atoms with Gasteiger partial charge in [-0.2, -0.15) is 5.10 Å². The molecule has 0 atom stereocenters. The van der Waals surface area contributed by atoms with Gasteiger partial charge in [-0.3, -0.25) is 14.4 Å². The van der Waals surface area contributed by atoms with Gasteiger partial charge in [-0.25, -0.2) is 5.10 Å². The number of aromatic amines is 1. The highest BCUT2D eigenvalue weighted by atomic mass is 35.5. The number of fused-ring (bicyclic) bond motifs is 2. The quantitative estimate of drug-likeness (QED) is 0.560. The lowest BCUT2D eigenvalue weighted by Crippen LogP contribution is -2.40. The molecule has 1 aliphatic heterocycles. The van der Waals surface area contributed by atoms with E-state index in [4.69, 9.17) is 0 Å². The number of halogens is 1. The van der Waals surface area contributed by atoms with E-state index in [1.54, 1.807) is 12.1 Å². The smallest absolute Gasteiger partial charge is 0.272 e. The highest BCUT2D eigenvalue weighted by Gasteiger charge is 2.22. The van der Waals surface area contributed by atoms with E-state index in [0.29, 0.717) is 62.0 Å². The molecule has 0 radical (unpaired) electrons. The van der Waals surface area contributed by atoms with E-state index in [1.165, 1.54) is 0 Å². The van der Waals surface area contributed by atoms with Gasteiger partial charge in [-0.1, -0.05) is 50.2 Å². The Morgan fingerprint density at radius 2 is 1.69 bits per heavy atom. The summed E-state index contributed by atoms with van der Waals surface area (Å²) in [7, 11) is 0. The summed E-state index contributed by atoms with van der Waals surface area (Å²) in [4.78, 5) is 42.2. The molecular weight excluding hydrogens is 478 g/mol. The van der Waals surface area contributed by atoms with Crippen LogP contribution in [0.25, 0.3) is 10.8 Å². The number of benzene rings is 2. The summed E-state index contributed by atoms with van der Waals surface area (Å²) < 4.78 is 0. The number of aromatic nitrogens is 2. The first kappa shape index (κ1) is 27.4. The maximum Gasteiger partial charge on any atom is 0.272 e. The Kier molecular flexibility index (Phi) is 9.61. The number of nitrogens with one attached hydrogen (secondary N) is 2. The molecular formula is C27H34ClN5O3. The van der Waals surface area contributed by atoms with Crippen molar-refractivity contribution in [2.45, 2.75) is 39.7 Å². The van der Waals surface area contributed by atoms with E-state index in [0.717, 1.165) is 11.3 Å². The number of carbonyl (C=O) groups excluding carboxylic acids is 2. The van der Waals surface area contributed by atoms with Crippen molar-refractivity contribution >= 4 is 40.7 Å². The van der Waals surface area contributed by atoms with Crippen molar-refractivity contribution in [1.82, 2.24) is 20.4 Å². The summed E-state index contributed by atoms with van der Waals surface area (Å²) in [5, 5.41) is 11.3. The summed E-state index contributed by atoms with van der Waals surface area (Å²) in [6, 6.07) is 15.2. The molecule has 2 N–H and O–H groups in total. The van der Waals surface area contributed by atoms with E-state index in [1.807, 2.05) is 60.0 Å². The van der Waals surface area contributed by atoms with Crippen LogP contribution in [0.5, 0.6) is 0 Å². The Labute approximate surface area is 217 Å². The number of H-pyrrole nitrogens is 1. The molecule has 0 fully saturated rings. The second kappa shape index (κ2) is 12.6.